The lowest BCUT2D eigenvalue weighted by Gasteiger charge is -2.06. The topological polar surface area (TPSA) is 38.9 Å². The van der Waals surface area contributed by atoms with Gasteiger partial charge in [0, 0.05) is 0 Å². The van der Waals surface area contributed by atoms with E-state index in [-0.39, 0.29) is 6.04 Å². The number of rotatable bonds is 3. The molecule has 0 saturated carbocycles. The van der Waals surface area contributed by atoms with Crippen LogP contribution in [0.15, 0.2) is 30.9 Å². The molecule has 2 N–H and O–H groups in total. The fourth-order valence-electron chi connectivity index (χ4n) is 0.931. The molecule has 0 spiro atoms. The van der Waals surface area contributed by atoms with Crippen molar-refractivity contribution in [3.8, 4) is 0 Å². The monoisotopic (exact) mass is 166 g/mol. The summed E-state index contributed by atoms with van der Waals surface area (Å²) in [6.07, 6.45) is 2.30. The van der Waals surface area contributed by atoms with Gasteiger partial charge in [-0.2, -0.15) is 4.39 Å². The van der Waals surface area contributed by atoms with Crippen LogP contribution in [-0.4, -0.2) is 4.98 Å². The molecule has 3 heteroatoms. The van der Waals surface area contributed by atoms with E-state index in [4.69, 9.17) is 5.73 Å². The van der Waals surface area contributed by atoms with E-state index in [1.807, 2.05) is 0 Å². The van der Waals surface area contributed by atoms with Crippen LogP contribution in [0.5, 0.6) is 0 Å². The second kappa shape index (κ2) is 3.97. The molecule has 1 aromatic rings. The highest BCUT2D eigenvalue weighted by Gasteiger charge is 2.05. The molecule has 0 amide bonds. The summed E-state index contributed by atoms with van der Waals surface area (Å²) in [5.41, 5.74) is 6.24. The van der Waals surface area contributed by atoms with Crippen molar-refractivity contribution in [2.45, 2.75) is 12.5 Å². The van der Waals surface area contributed by atoms with Crippen LogP contribution in [-0.2, 0) is 0 Å². The standard InChI is InChI=1S/C9H11FN2/c1-2-4-7(11)8-5-3-6-9(10)12-8/h2-3,5-7H,1,4,11H2/t7-/m1/s1. The number of halogens is 1. The predicted molar refractivity (Wildman–Crippen MR) is 45.9 cm³/mol. The Kier molecular flexibility index (Phi) is 2.94. The quantitative estimate of drug-likeness (QED) is 0.549. The molecule has 0 saturated heterocycles. The van der Waals surface area contributed by atoms with Gasteiger partial charge in [-0.1, -0.05) is 12.1 Å². The van der Waals surface area contributed by atoms with E-state index < -0.39 is 5.95 Å². The highest BCUT2D eigenvalue weighted by atomic mass is 19.1. The van der Waals surface area contributed by atoms with Crippen molar-refractivity contribution in [2.24, 2.45) is 5.73 Å². The molecule has 0 bridgehead atoms. The van der Waals surface area contributed by atoms with Gasteiger partial charge in [0.15, 0.2) is 0 Å². The molecular formula is C9H11FN2. The van der Waals surface area contributed by atoms with Crippen LogP contribution in [0.1, 0.15) is 18.2 Å². The Labute approximate surface area is 70.9 Å². The Morgan fingerprint density at radius 1 is 1.67 bits per heavy atom. The molecule has 1 atom stereocenters. The molecular weight excluding hydrogens is 155 g/mol. The van der Waals surface area contributed by atoms with Crippen molar-refractivity contribution >= 4 is 0 Å². The molecule has 1 aromatic heterocycles. The van der Waals surface area contributed by atoms with E-state index in [9.17, 15) is 4.39 Å². The van der Waals surface area contributed by atoms with Crippen molar-refractivity contribution < 1.29 is 4.39 Å². The molecule has 0 aromatic carbocycles. The van der Waals surface area contributed by atoms with Gasteiger partial charge in [-0.05, 0) is 18.6 Å². The van der Waals surface area contributed by atoms with E-state index in [1.165, 1.54) is 6.07 Å². The average molecular weight is 166 g/mol. The molecule has 0 unspecified atom stereocenters. The maximum absolute atomic E-state index is 12.6. The summed E-state index contributed by atoms with van der Waals surface area (Å²) >= 11 is 0. The van der Waals surface area contributed by atoms with E-state index >= 15 is 0 Å². The summed E-state index contributed by atoms with van der Waals surface area (Å²) in [5, 5.41) is 0. The average Bonchev–Trinajstić information content (AvgIpc) is 2.05. The fraction of sp³-hybridized carbons (Fsp3) is 0.222. The second-order valence-electron chi connectivity index (χ2n) is 2.52. The predicted octanol–water partition coefficient (Wildman–Crippen LogP) is 1.80. The Morgan fingerprint density at radius 3 is 3.00 bits per heavy atom. The highest BCUT2D eigenvalue weighted by Crippen LogP contribution is 2.11. The van der Waals surface area contributed by atoms with Gasteiger partial charge in [0.25, 0.3) is 0 Å². The minimum Gasteiger partial charge on any atom is -0.322 e. The number of hydrogen-bond donors (Lipinski definition) is 1. The normalized spacial score (nSPS) is 12.5. The number of nitrogens with zero attached hydrogens (tertiary/aromatic N) is 1. The van der Waals surface area contributed by atoms with Crippen LogP contribution < -0.4 is 5.73 Å². The van der Waals surface area contributed by atoms with Gasteiger partial charge in [-0.15, -0.1) is 6.58 Å². The molecule has 2 nitrogen and oxygen atoms in total. The van der Waals surface area contributed by atoms with Crippen LogP contribution in [0.3, 0.4) is 0 Å². The van der Waals surface area contributed by atoms with Gasteiger partial charge in [0.2, 0.25) is 5.95 Å². The number of aromatic nitrogens is 1. The minimum atomic E-state index is -0.494. The Hall–Kier alpha value is -1.22. The number of hydrogen-bond acceptors (Lipinski definition) is 2. The largest absolute Gasteiger partial charge is 0.322 e. The Balaban J connectivity index is 2.80. The maximum Gasteiger partial charge on any atom is 0.213 e. The fourth-order valence-corrected chi connectivity index (χ4v) is 0.931. The Bertz CT molecular complexity index is 273. The van der Waals surface area contributed by atoms with E-state index in [2.05, 4.69) is 11.6 Å². The first-order valence-corrected chi connectivity index (χ1v) is 3.73. The van der Waals surface area contributed by atoms with Crippen LogP contribution in [0.2, 0.25) is 0 Å². The molecule has 0 aliphatic heterocycles. The molecule has 1 rings (SSSR count). The van der Waals surface area contributed by atoms with Gasteiger partial charge in [-0.3, -0.25) is 0 Å². The van der Waals surface area contributed by atoms with Crippen LogP contribution in [0.25, 0.3) is 0 Å². The van der Waals surface area contributed by atoms with Crippen LogP contribution in [0.4, 0.5) is 4.39 Å². The third kappa shape index (κ3) is 2.13. The van der Waals surface area contributed by atoms with Crippen molar-refractivity contribution in [1.29, 1.82) is 0 Å². The van der Waals surface area contributed by atoms with Crippen molar-refractivity contribution in [3.63, 3.8) is 0 Å². The first-order chi connectivity index (χ1) is 5.74. The number of nitrogens with two attached hydrogens (primary N) is 1. The minimum absolute atomic E-state index is 0.252. The first kappa shape index (κ1) is 8.87. The summed E-state index contributed by atoms with van der Waals surface area (Å²) in [6, 6.07) is 4.35. The van der Waals surface area contributed by atoms with Gasteiger partial charge in [0.1, 0.15) is 0 Å². The molecule has 0 aliphatic carbocycles. The smallest absolute Gasteiger partial charge is 0.213 e. The van der Waals surface area contributed by atoms with Gasteiger partial charge < -0.3 is 5.73 Å². The van der Waals surface area contributed by atoms with Crippen molar-refractivity contribution in [3.05, 3.63) is 42.5 Å². The van der Waals surface area contributed by atoms with E-state index in [1.54, 1.807) is 18.2 Å². The van der Waals surface area contributed by atoms with Gasteiger partial charge in [0.05, 0.1) is 11.7 Å². The molecule has 0 radical (unpaired) electrons. The summed E-state index contributed by atoms with van der Waals surface area (Å²) in [5.74, 6) is -0.494. The van der Waals surface area contributed by atoms with Crippen LogP contribution in [0, 0.1) is 5.95 Å². The van der Waals surface area contributed by atoms with Gasteiger partial charge in [-0.25, -0.2) is 4.98 Å². The molecule has 1 heterocycles. The lowest BCUT2D eigenvalue weighted by molar-refractivity contribution is 0.565. The molecule has 0 fully saturated rings. The van der Waals surface area contributed by atoms with E-state index in [0.29, 0.717) is 12.1 Å². The van der Waals surface area contributed by atoms with Gasteiger partial charge >= 0.3 is 0 Å². The lowest BCUT2D eigenvalue weighted by Crippen LogP contribution is -2.11. The third-order valence-electron chi connectivity index (χ3n) is 1.54. The lowest BCUT2D eigenvalue weighted by atomic mass is 10.1. The second-order valence-corrected chi connectivity index (χ2v) is 2.52. The first-order valence-electron chi connectivity index (χ1n) is 3.73. The molecule has 12 heavy (non-hydrogen) atoms. The summed E-state index contributed by atoms with van der Waals surface area (Å²) in [6.45, 7) is 3.55. The van der Waals surface area contributed by atoms with Crippen LogP contribution >= 0.6 is 0 Å². The molecule has 0 aliphatic rings. The van der Waals surface area contributed by atoms with Crippen molar-refractivity contribution in [2.75, 3.05) is 0 Å². The maximum atomic E-state index is 12.6. The number of pyridine rings is 1. The summed E-state index contributed by atoms with van der Waals surface area (Å²) in [4.78, 5) is 3.65. The zero-order valence-corrected chi connectivity index (χ0v) is 6.70. The Morgan fingerprint density at radius 2 is 2.42 bits per heavy atom. The third-order valence-corrected chi connectivity index (χ3v) is 1.54. The summed E-state index contributed by atoms with van der Waals surface area (Å²) < 4.78 is 12.6. The zero-order chi connectivity index (χ0) is 8.97. The zero-order valence-electron chi connectivity index (χ0n) is 6.70. The van der Waals surface area contributed by atoms with E-state index in [0.717, 1.165) is 0 Å². The highest BCUT2D eigenvalue weighted by molar-refractivity contribution is 5.09. The van der Waals surface area contributed by atoms with Crippen molar-refractivity contribution in [1.82, 2.24) is 4.98 Å². The summed E-state index contributed by atoms with van der Waals surface area (Å²) in [7, 11) is 0. The SMILES string of the molecule is C=CC[C@@H](N)c1cccc(F)n1. The molecule has 64 valence electrons.